The predicted octanol–water partition coefficient (Wildman–Crippen LogP) is 9.83. The van der Waals surface area contributed by atoms with Crippen molar-refractivity contribution in [3.63, 3.8) is 0 Å². The van der Waals surface area contributed by atoms with E-state index in [1.54, 1.807) is 0 Å². The SMILES string of the molecule is CCC/C=C\C/C=C\CCCCCCCC(=O)OCC(COP(=O)(O)OCC(N)C(=O)O)OC(=O)CCCCCCC/C=C\C/C=C\CCCCC. The number of allylic oxidation sites excluding steroid dienone is 8. The van der Waals surface area contributed by atoms with Crippen molar-refractivity contribution >= 4 is 25.7 Å². The molecule has 4 N–H and O–H groups in total. The summed E-state index contributed by atoms with van der Waals surface area (Å²) < 4.78 is 32.6. The summed E-state index contributed by atoms with van der Waals surface area (Å²) >= 11 is 0. The maximum absolute atomic E-state index is 12.6. The number of phosphoric ester groups is 1. The molecule has 12 heteroatoms. The molecule has 0 saturated heterocycles. The van der Waals surface area contributed by atoms with E-state index in [1.807, 2.05) is 0 Å². The van der Waals surface area contributed by atoms with Gasteiger partial charge in [0.15, 0.2) is 6.10 Å². The Labute approximate surface area is 314 Å². The van der Waals surface area contributed by atoms with E-state index >= 15 is 0 Å². The lowest BCUT2D eigenvalue weighted by Crippen LogP contribution is -2.34. The Hall–Kier alpha value is -2.56. The second kappa shape index (κ2) is 35.5. The van der Waals surface area contributed by atoms with Crippen molar-refractivity contribution in [2.24, 2.45) is 5.73 Å². The molecule has 0 rings (SSSR count). The van der Waals surface area contributed by atoms with Crippen LogP contribution in [-0.2, 0) is 37.5 Å². The van der Waals surface area contributed by atoms with Crippen LogP contribution in [0.1, 0.15) is 155 Å². The number of nitrogens with two attached hydrogens (primary N) is 1. The number of hydrogen-bond acceptors (Lipinski definition) is 9. The van der Waals surface area contributed by atoms with Crippen LogP contribution in [0.2, 0.25) is 0 Å². The zero-order valence-electron chi connectivity index (χ0n) is 32.1. The van der Waals surface area contributed by atoms with E-state index in [4.69, 9.17) is 24.8 Å². The highest BCUT2D eigenvalue weighted by Crippen LogP contribution is 2.43. The van der Waals surface area contributed by atoms with Crippen molar-refractivity contribution in [3.05, 3.63) is 48.6 Å². The number of hydrogen-bond donors (Lipinski definition) is 3. The van der Waals surface area contributed by atoms with E-state index in [9.17, 15) is 23.8 Å². The summed E-state index contributed by atoms with van der Waals surface area (Å²) in [5.74, 6) is -2.42. The van der Waals surface area contributed by atoms with Crippen LogP contribution in [0.4, 0.5) is 0 Å². The molecule has 0 spiro atoms. The van der Waals surface area contributed by atoms with E-state index in [2.05, 4.69) is 67.0 Å². The molecule has 3 atom stereocenters. The molecule has 0 heterocycles. The zero-order chi connectivity index (χ0) is 38.5. The number of carboxylic acids is 1. The van der Waals surface area contributed by atoms with Gasteiger partial charge >= 0.3 is 25.7 Å². The van der Waals surface area contributed by atoms with Gasteiger partial charge in [-0.15, -0.1) is 0 Å². The first-order valence-electron chi connectivity index (χ1n) is 19.7. The van der Waals surface area contributed by atoms with Gasteiger partial charge in [0, 0.05) is 12.8 Å². The number of rotatable bonds is 36. The van der Waals surface area contributed by atoms with Gasteiger partial charge in [0.25, 0.3) is 0 Å². The lowest BCUT2D eigenvalue weighted by Gasteiger charge is -2.20. The highest BCUT2D eigenvalue weighted by Gasteiger charge is 2.28. The molecule has 11 nitrogen and oxygen atoms in total. The van der Waals surface area contributed by atoms with E-state index < -0.39 is 51.1 Å². The minimum absolute atomic E-state index is 0.140. The van der Waals surface area contributed by atoms with Gasteiger partial charge < -0.3 is 25.2 Å². The minimum Gasteiger partial charge on any atom is -0.480 e. The van der Waals surface area contributed by atoms with Crippen molar-refractivity contribution in [1.82, 2.24) is 0 Å². The van der Waals surface area contributed by atoms with Crippen molar-refractivity contribution in [3.8, 4) is 0 Å². The molecule has 0 saturated carbocycles. The summed E-state index contributed by atoms with van der Waals surface area (Å²) in [6.45, 7) is 2.66. The lowest BCUT2D eigenvalue weighted by atomic mass is 10.1. The van der Waals surface area contributed by atoms with E-state index in [-0.39, 0.29) is 19.4 Å². The summed E-state index contributed by atoms with van der Waals surface area (Å²) in [4.78, 5) is 45.8. The third-order valence-corrected chi connectivity index (χ3v) is 8.98. The van der Waals surface area contributed by atoms with Crippen LogP contribution >= 0.6 is 7.82 Å². The van der Waals surface area contributed by atoms with Crippen LogP contribution in [0.25, 0.3) is 0 Å². The van der Waals surface area contributed by atoms with Crippen molar-refractivity contribution in [1.29, 1.82) is 0 Å². The van der Waals surface area contributed by atoms with Crippen molar-refractivity contribution in [2.45, 2.75) is 167 Å². The fourth-order valence-corrected chi connectivity index (χ4v) is 5.67. The van der Waals surface area contributed by atoms with Gasteiger partial charge in [0.05, 0.1) is 13.2 Å². The molecule has 0 aliphatic rings. The van der Waals surface area contributed by atoms with Crippen molar-refractivity contribution < 1.29 is 47.5 Å². The quantitative estimate of drug-likeness (QED) is 0.0241. The second-order valence-corrected chi connectivity index (χ2v) is 14.5. The summed E-state index contributed by atoms with van der Waals surface area (Å²) in [5, 5.41) is 8.86. The molecule has 300 valence electrons. The first-order valence-corrected chi connectivity index (χ1v) is 21.2. The molecule has 0 aliphatic carbocycles. The molecule has 0 amide bonds. The second-order valence-electron chi connectivity index (χ2n) is 13.1. The van der Waals surface area contributed by atoms with Gasteiger partial charge in [0.1, 0.15) is 12.6 Å². The number of carbonyl (C=O) groups is 3. The Morgan fingerprint density at radius 3 is 1.58 bits per heavy atom. The van der Waals surface area contributed by atoms with Crippen LogP contribution in [0.15, 0.2) is 48.6 Å². The van der Waals surface area contributed by atoms with Crippen LogP contribution < -0.4 is 5.73 Å². The lowest BCUT2D eigenvalue weighted by molar-refractivity contribution is -0.161. The first kappa shape index (κ1) is 49.4. The highest BCUT2D eigenvalue weighted by atomic mass is 31.2. The largest absolute Gasteiger partial charge is 0.480 e. The summed E-state index contributed by atoms with van der Waals surface area (Å²) in [5.41, 5.74) is 5.32. The Morgan fingerprint density at radius 2 is 1.06 bits per heavy atom. The summed E-state index contributed by atoms with van der Waals surface area (Å²) in [7, 11) is -4.72. The molecule has 0 aromatic rings. The fraction of sp³-hybridized carbons (Fsp3) is 0.725. The van der Waals surface area contributed by atoms with E-state index in [1.165, 1.54) is 25.7 Å². The van der Waals surface area contributed by atoms with Crippen LogP contribution in [0.5, 0.6) is 0 Å². The Kier molecular flexibility index (Phi) is 33.7. The zero-order valence-corrected chi connectivity index (χ0v) is 33.0. The Bertz CT molecular complexity index is 1070. The van der Waals surface area contributed by atoms with E-state index in [0.29, 0.717) is 12.8 Å². The van der Waals surface area contributed by atoms with Crippen LogP contribution in [-0.4, -0.2) is 59.9 Å². The van der Waals surface area contributed by atoms with Gasteiger partial charge in [0.2, 0.25) is 0 Å². The molecule has 0 fully saturated rings. The average molecular weight is 756 g/mol. The smallest absolute Gasteiger partial charge is 0.472 e. The number of phosphoric acid groups is 1. The Morgan fingerprint density at radius 1 is 0.596 bits per heavy atom. The van der Waals surface area contributed by atoms with Gasteiger partial charge in [-0.2, -0.15) is 0 Å². The van der Waals surface area contributed by atoms with Gasteiger partial charge in [-0.25, -0.2) is 4.57 Å². The molecule has 0 aliphatic heterocycles. The Balaban J connectivity index is 4.48. The number of ether oxygens (including phenoxy) is 2. The highest BCUT2D eigenvalue weighted by molar-refractivity contribution is 7.47. The normalized spacial score (nSPS) is 14.4. The number of unbranched alkanes of at least 4 members (excludes halogenated alkanes) is 14. The number of aliphatic carboxylic acids is 1. The number of carbonyl (C=O) groups excluding carboxylic acids is 2. The van der Waals surface area contributed by atoms with Gasteiger partial charge in [-0.3, -0.25) is 23.4 Å². The molecular formula is C40H70NO10P. The first-order chi connectivity index (χ1) is 25.1. The topological polar surface area (TPSA) is 172 Å². The number of carboxylic acid groups (broad SMARTS) is 1. The molecule has 0 radical (unpaired) electrons. The average Bonchev–Trinajstić information content (AvgIpc) is 3.12. The maximum Gasteiger partial charge on any atom is 0.472 e. The van der Waals surface area contributed by atoms with E-state index in [0.717, 1.165) is 89.9 Å². The molecule has 0 aromatic carbocycles. The summed E-state index contributed by atoms with van der Waals surface area (Å²) in [6.07, 6.45) is 37.5. The molecule has 52 heavy (non-hydrogen) atoms. The van der Waals surface area contributed by atoms with Crippen LogP contribution in [0.3, 0.4) is 0 Å². The van der Waals surface area contributed by atoms with Crippen LogP contribution in [0, 0.1) is 0 Å². The van der Waals surface area contributed by atoms with Crippen molar-refractivity contribution in [2.75, 3.05) is 19.8 Å². The van der Waals surface area contributed by atoms with Gasteiger partial charge in [-0.05, 0) is 70.6 Å². The predicted molar refractivity (Wildman–Crippen MR) is 208 cm³/mol. The summed E-state index contributed by atoms with van der Waals surface area (Å²) in [6, 6.07) is -1.53. The molecule has 0 bridgehead atoms. The minimum atomic E-state index is -4.72. The molecule has 3 unspecified atom stereocenters. The third kappa shape index (κ3) is 34.5. The van der Waals surface area contributed by atoms with Gasteiger partial charge in [-0.1, -0.05) is 120 Å². The monoisotopic (exact) mass is 755 g/mol. The standard InChI is InChI=1S/C40H70NO10P/c1-3-5-7-9-11-13-15-17-18-20-22-24-26-28-30-32-39(43)51-36(34-49-52(46,47)50-35-37(41)40(44)45)33-48-38(42)31-29-27-25-23-21-19-16-14-12-10-8-6-4-2/h8,10-11,13-14,16-18,36-37H,3-7,9,12,15,19-35,41H2,1-2H3,(H,44,45)(H,46,47)/b10-8-,13-11-,16-14-,18-17-. The number of esters is 2. The third-order valence-electron chi connectivity index (χ3n) is 8.03. The fourth-order valence-electron chi connectivity index (χ4n) is 4.90. The maximum atomic E-state index is 12.6. The molecule has 0 aromatic heterocycles. The molecular weight excluding hydrogens is 685 g/mol.